The molecule has 5 nitrogen and oxygen atoms in total. The Labute approximate surface area is 115 Å². The van der Waals surface area contributed by atoms with E-state index in [2.05, 4.69) is 15.5 Å². The highest BCUT2D eigenvalue weighted by molar-refractivity contribution is 6.24. The molecule has 1 aromatic heterocycles. The largest absolute Gasteiger partial charge is 0.304 e. The number of anilines is 1. The number of hydrogen-bond donors (Lipinski definition) is 1. The van der Waals surface area contributed by atoms with E-state index >= 15 is 0 Å². The van der Waals surface area contributed by atoms with Crippen molar-refractivity contribution in [3.05, 3.63) is 18.3 Å². The first-order valence-electron chi connectivity index (χ1n) is 6.19. The Balaban J connectivity index is 1.61. The predicted molar refractivity (Wildman–Crippen MR) is 70.4 cm³/mol. The van der Waals surface area contributed by atoms with Crippen molar-refractivity contribution >= 4 is 23.3 Å². The molecule has 1 aliphatic carbocycles. The second-order valence-corrected chi connectivity index (χ2v) is 5.33. The maximum absolute atomic E-state index is 13.0. The Morgan fingerprint density at radius 2 is 2.53 bits per heavy atom. The molecule has 1 fully saturated rings. The first-order valence-corrected chi connectivity index (χ1v) is 6.57. The quantitative estimate of drug-likeness (QED) is 0.496. The molecule has 1 N–H and O–H groups in total. The van der Waals surface area contributed by atoms with Crippen molar-refractivity contribution in [2.75, 3.05) is 5.32 Å². The van der Waals surface area contributed by atoms with Crippen LogP contribution in [0, 0.1) is 5.92 Å². The van der Waals surface area contributed by atoms with Crippen molar-refractivity contribution in [1.82, 2.24) is 15.0 Å². The molecular formula is C12H16ClFN4O. The summed E-state index contributed by atoms with van der Waals surface area (Å²) >= 11 is 5.50. The molecule has 19 heavy (non-hydrogen) atoms. The average molecular weight is 287 g/mol. The molecule has 2 unspecified atom stereocenters. The molecule has 104 valence electrons. The van der Waals surface area contributed by atoms with Gasteiger partial charge in [-0.2, -0.15) is 9.90 Å². The number of carbonyl (C=O) groups excluding carboxylic acids is 1. The molecule has 1 aliphatic rings. The lowest BCUT2D eigenvalue weighted by Crippen LogP contribution is -2.08. The molecule has 1 saturated carbocycles. The molecule has 0 aliphatic heterocycles. The number of nitrogens with zero attached hydrogens (tertiary/aromatic N) is 3. The van der Waals surface area contributed by atoms with E-state index in [1.54, 1.807) is 13.1 Å². The zero-order valence-corrected chi connectivity index (χ0v) is 11.4. The summed E-state index contributed by atoms with van der Waals surface area (Å²) in [5.41, 5.74) is 0. The molecular weight excluding hydrogens is 271 g/mol. The summed E-state index contributed by atoms with van der Waals surface area (Å²) in [4.78, 5) is 12.8. The summed E-state index contributed by atoms with van der Waals surface area (Å²) in [6.45, 7) is 0. The van der Waals surface area contributed by atoms with Crippen LogP contribution in [0.2, 0.25) is 0 Å². The van der Waals surface area contributed by atoms with Crippen LogP contribution in [0.1, 0.15) is 25.7 Å². The Kier molecular flexibility index (Phi) is 4.19. The van der Waals surface area contributed by atoms with Gasteiger partial charge in [0.05, 0.1) is 6.20 Å². The van der Waals surface area contributed by atoms with Crippen LogP contribution < -0.4 is 5.32 Å². The van der Waals surface area contributed by atoms with Crippen LogP contribution in [-0.2, 0) is 11.8 Å². The third-order valence-electron chi connectivity index (χ3n) is 3.00. The number of hydrogen-bond acceptors (Lipinski definition) is 3. The molecule has 0 bridgehead atoms. The number of unbranched alkanes of at least 4 members (excludes halogenated alkanes) is 1. The van der Waals surface area contributed by atoms with Gasteiger partial charge in [0.15, 0.2) is 10.9 Å². The molecule has 0 radical (unpaired) electrons. The summed E-state index contributed by atoms with van der Waals surface area (Å²) < 4.78 is 13.0. The van der Waals surface area contributed by atoms with E-state index in [9.17, 15) is 9.18 Å². The number of rotatable bonds is 6. The minimum Gasteiger partial charge on any atom is -0.304 e. The molecule has 1 aromatic rings. The maximum Gasteiger partial charge on any atom is 0.249 e. The lowest BCUT2D eigenvalue weighted by atomic mass is 10.1. The molecule has 1 heterocycles. The van der Waals surface area contributed by atoms with E-state index < -0.39 is 5.13 Å². The number of halogens is 2. The van der Waals surface area contributed by atoms with Crippen molar-refractivity contribution in [3.63, 3.8) is 0 Å². The Morgan fingerprint density at radius 1 is 1.79 bits per heavy atom. The van der Waals surface area contributed by atoms with E-state index in [1.807, 2.05) is 0 Å². The van der Waals surface area contributed by atoms with Gasteiger partial charge in [-0.15, -0.1) is 5.10 Å². The lowest BCUT2D eigenvalue weighted by molar-refractivity contribution is -0.111. The van der Waals surface area contributed by atoms with Crippen LogP contribution in [0.15, 0.2) is 18.3 Å². The van der Waals surface area contributed by atoms with Crippen LogP contribution in [0.5, 0.6) is 0 Å². The van der Waals surface area contributed by atoms with Gasteiger partial charge in [-0.1, -0.05) is 17.7 Å². The molecule has 0 saturated heterocycles. The van der Waals surface area contributed by atoms with E-state index in [0.717, 1.165) is 19.3 Å². The molecule has 2 rings (SSSR count). The van der Waals surface area contributed by atoms with Crippen LogP contribution >= 0.6 is 11.6 Å². The van der Waals surface area contributed by atoms with Gasteiger partial charge < -0.3 is 5.32 Å². The number of amides is 1. The van der Waals surface area contributed by atoms with Crippen molar-refractivity contribution in [2.45, 2.75) is 30.8 Å². The van der Waals surface area contributed by atoms with Crippen LogP contribution in [0.25, 0.3) is 0 Å². The molecule has 0 aromatic carbocycles. The third kappa shape index (κ3) is 4.31. The fraction of sp³-hybridized carbons (Fsp3) is 0.583. The number of alkyl halides is 2. The second kappa shape index (κ2) is 5.69. The average Bonchev–Trinajstić information content (AvgIpc) is 2.72. The Bertz CT molecular complexity index is 486. The van der Waals surface area contributed by atoms with Crippen molar-refractivity contribution in [3.8, 4) is 0 Å². The van der Waals surface area contributed by atoms with Crippen LogP contribution in [0.4, 0.5) is 10.2 Å². The summed E-state index contributed by atoms with van der Waals surface area (Å²) in [6, 6.07) is 0. The highest BCUT2D eigenvalue weighted by Gasteiger charge is 2.53. The second-order valence-electron chi connectivity index (χ2n) is 4.70. The zero-order chi connectivity index (χ0) is 13.9. The smallest absolute Gasteiger partial charge is 0.249 e. The minimum atomic E-state index is -1.47. The Morgan fingerprint density at radius 3 is 3.11 bits per heavy atom. The van der Waals surface area contributed by atoms with E-state index in [4.69, 9.17) is 11.6 Å². The number of aryl methyl sites for hydroxylation is 1. The van der Waals surface area contributed by atoms with Gasteiger partial charge >= 0.3 is 0 Å². The number of carbonyl (C=O) groups is 1. The van der Waals surface area contributed by atoms with Gasteiger partial charge in [-0.3, -0.25) is 4.79 Å². The number of nitrogens with one attached hydrogen (secondary N) is 1. The van der Waals surface area contributed by atoms with Crippen molar-refractivity contribution in [1.29, 1.82) is 0 Å². The molecule has 2 atom stereocenters. The van der Waals surface area contributed by atoms with Gasteiger partial charge in [0, 0.05) is 19.4 Å². The standard InChI is InChI=1S/C12H16ClFN4O/c1-18-15-8-10(17-18)16-11(19)6-4-2-3-5-9-7-12(9,13)14/h4,6,8-9H,2-3,5,7H2,1H3,(H,16,17,19)/b6-4+. The predicted octanol–water partition coefficient (Wildman–Crippen LogP) is 2.40. The summed E-state index contributed by atoms with van der Waals surface area (Å²) in [5, 5.41) is 8.89. The topological polar surface area (TPSA) is 59.8 Å². The highest BCUT2D eigenvalue weighted by atomic mass is 35.5. The number of allylic oxidation sites excluding steroid dienone is 1. The van der Waals surface area contributed by atoms with Gasteiger partial charge in [0.2, 0.25) is 5.91 Å². The summed E-state index contributed by atoms with van der Waals surface area (Å²) in [7, 11) is 1.67. The minimum absolute atomic E-state index is 0.0176. The number of aromatic nitrogens is 3. The monoisotopic (exact) mass is 286 g/mol. The van der Waals surface area contributed by atoms with E-state index in [0.29, 0.717) is 12.2 Å². The van der Waals surface area contributed by atoms with Crippen molar-refractivity contribution < 1.29 is 9.18 Å². The van der Waals surface area contributed by atoms with Crippen molar-refractivity contribution in [2.24, 2.45) is 13.0 Å². The van der Waals surface area contributed by atoms with Gasteiger partial charge in [0.25, 0.3) is 0 Å². The third-order valence-corrected chi connectivity index (χ3v) is 3.46. The molecule has 0 spiro atoms. The Hall–Kier alpha value is -1.43. The fourth-order valence-corrected chi connectivity index (χ4v) is 2.12. The highest BCUT2D eigenvalue weighted by Crippen LogP contribution is 2.53. The van der Waals surface area contributed by atoms with Gasteiger partial charge in [-0.05, 0) is 25.3 Å². The van der Waals surface area contributed by atoms with Crippen LogP contribution in [0.3, 0.4) is 0 Å². The van der Waals surface area contributed by atoms with Gasteiger partial charge in [0.1, 0.15) is 0 Å². The molecule has 1 amide bonds. The van der Waals surface area contributed by atoms with E-state index in [-0.39, 0.29) is 11.8 Å². The summed E-state index contributed by atoms with van der Waals surface area (Å²) in [5.74, 6) is 0.152. The maximum atomic E-state index is 13.0. The van der Waals surface area contributed by atoms with Gasteiger partial charge in [-0.25, -0.2) is 4.39 Å². The van der Waals surface area contributed by atoms with E-state index in [1.165, 1.54) is 17.1 Å². The normalized spacial score (nSPS) is 25.7. The zero-order valence-electron chi connectivity index (χ0n) is 10.6. The first-order chi connectivity index (χ1) is 8.97. The lowest BCUT2D eigenvalue weighted by Gasteiger charge is -1.97. The first kappa shape index (κ1) is 14.0. The summed E-state index contributed by atoms with van der Waals surface area (Å²) in [6.07, 6.45) is 7.46. The SMILES string of the molecule is Cn1ncc(NC(=O)/C=C/CCCC2CC2(F)Cl)n1. The molecule has 7 heteroatoms. The fourth-order valence-electron chi connectivity index (χ4n) is 1.83. The van der Waals surface area contributed by atoms with Crippen LogP contribution in [-0.4, -0.2) is 26.0 Å².